The van der Waals surface area contributed by atoms with Gasteiger partial charge in [-0.1, -0.05) is 30.3 Å². The third-order valence-electron chi connectivity index (χ3n) is 2.25. The van der Waals surface area contributed by atoms with Gasteiger partial charge in [-0.15, -0.1) is 11.3 Å². The van der Waals surface area contributed by atoms with Crippen molar-refractivity contribution in [3.63, 3.8) is 0 Å². The van der Waals surface area contributed by atoms with Gasteiger partial charge in [0.2, 0.25) is 0 Å². The SMILES string of the molecule is COC(=O)C(O)c1csc(-c2ccccc2)n1. The van der Waals surface area contributed by atoms with Crippen LogP contribution >= 0.6 is 11.3 Å². The van der Waals surface area contributed by atoms with Gasteiger partial charge in [0.25, 0.3) is 0 Å². The van der Waals surface area contributed by atoms with Gasteiger partial charge >= 0.3 is 5.97 Å². The first-order valence-electron chi connectivity index (χ1n) is 4.99. The molecular weight excluding hydrogens is 238 g/mol. The van der Waals surface area contributed by atoms with Gasteiger partial charge < -0.3 is 9.84 Å². The number of benzene rings is 1. The summed E-state index contributed by atoms with van der Waals surface area (Å²) in [5, 5.41) is 12.0. The van der Waals surface area contributed by atoms with Gasteiger partial charge in [-0.05, 0) is 0 Å². The summed E-state index contributed by atoms with van der Waals surface area (Å²) >= 11 is 1.38. The number of ether oxygens (including phenoxy) is 1. The molecule has 1 aromatic carbocycles. The number of aliphatic hydroxyl groups excluding tert-OH is 1. The minimum Gasteiger partial charge on any atom is -0.467 e. The number of esters is 1. The van der Waals surface area contributed by atoms with Crippen LogP contribution in [0.1, 0.15) is 11.8 Å². The molecule has 1 N–H and O–H groups in total. The molecule has 1 aromatic heterocycles. The minimum absolute atomic E-state index is 0.320. The van der Waals surface area contributed by atoms with Crippen LogP contribution < -0.4 is 0 Å². The molecule has 5 heteroatoms. The summed E-state index contributed by atoms with van der Waals surface area (Å²) in [5.74, 6) is -0.699. The predicted molar refractivity (Wildman–Crippen MR) is 64.5 cm³/mol. The molecule has 2 aromatic rings. The Kier molecular flexibility index (Phi) is 3.51. The highest BCUT2D eigenvalue weighted by Crippen LogP contribution is 2.26. The van der Waals surface area contributed by atoms with Crippen molar-refractivity contribution in [1.82, 2.24) is 4.98 Å². The smallest absolute Gasteiger partial charge is 0.341 e. The van der Waals surface area contributed by atoms with Gasteiger partial charge in [-0.3, -0.25) is 0 Å². The van der Waals surface area contributed by atoms with Crippen LogP contribution in [0.4, 0.5) is 0 Å². The van der Waals surface area contributed by atoms with Crippen LogP contribution in [-0.4, -0.2) is 23.2 Å². The summed E-state index contributed by atoms with van der Waals surface area (Å²) in [4.78, 5) is 15.4. The number of rotatable bonds is 3. The quantitative estimate of drug-likeness (QED) is 0.845. The monoisotopic (exact) mass is 249 g/mol. The van der Waals surface area contributed by atoms with E-state index in [1.165, 1.54) is 18.4 Å². The minimum atomic E-state index is -1.31. The average molecular weight is 249 g/mol. The van der Waals surface area contributed by atoms with Crippen molar-refractivity contribution in [1.29, 1.82) is 0 Å². The lowest BCUT2D eigenvalue weighted by Crippen LogP contribution is -2.13. The van der Waals surface area contributed by atoms with Crippen LogP contribution in [0.5, 0.6) is 0 Å². The lowest BCUT2D eigenvalue weighted by atomic mass is 10.2. The summed E-state index contributed by atoms with van der Waals surface area (Å²) < 4.78 is 4.46. The number of hydrogen-bond acceptors (Lipinski definition) is 5. The van der Waals surface area contributed by atoms with Crippen molar-refractivity contribution < 1.29 is 14.6 Å². The summed E-state index contributed by atoms with van der Waals surface area (Å²) in [7, 11) is 1.23. The number of carbonyl (C=O) groups excluding carboxylic acids is 1. The lowest BCUT2D eigenvalue weighted by molar-refractivity contribution is -0.150. The lowest BCUT2D eigenvalue weighted by Gasteiger charge is -2.03. The van der Waals surface area contributed by atoms with E-state index in [9.17, 15) is 9.90 Å². The number of hydrogen-bond donors (Lipinski definition) is 1. The predicted octanol–water partition coefficient (Wildman–Crippen LogP) is 2.02. The third kappa shape index (κ3) is 2.51. The Morgan fingerprint density at radius 1 is 1.41 bits per heavy atom. The largest absolute Gasteiger partial charge is 0.467 e. The van der Waals surface area contributed by atoms with Crippen LogP contribution in [0, 0.1) is 0 Å². The highest BCUT2D eigenvalue weighted by Gasteiger charge is 2.21. The summed E-state index contributed by atoms with van der Waals surface area (Å²) in [6.07, 6.45) is -1.31. The van der Waals surface area contributed by atoms with E-state index in [0.29, 0.717) is 5.69 Å². The molecule has 1 atom stereocenters. The molecule has 0 aliphatic rings. The molecule has 1 heterocycles. The van der Waals surface area contributed by atoms with Gasteiger partial charge in [-0.2, -0.15) is 0 Å². The van der Waals surface area contributed by atoms with Crippen molar-refractivity contribution in [3.05, 3.63) is 41.4 Å². The van der Waals surface area contributed by atoms with Crippen molar-refractivity contribution in [2.45, 2.75) is 6.10 Å². The highest BCUT2D eigenvalue weighted by molar-refractivity contribution is 7.13. The first-order chi connectivity index (χ1) is 8.22. The van der Waals surface area contributed by atoms with Crippen LogP contribution in [-0.2, 0) is 9.53 Å². The van der Waals surface area contributed by atoms with E-state index >= 15 is 0 Å². The molecular formula is C12H11NO3S. The highest BCUT2D eigenvalue weighted by atomic mass is 32.1. The molecule has 0 aliphatic heterocycles. The molecule has 0 bridgehead atoms. The van der Waals surface area contributed by atoms with E-state index < -0.39 is 12.1 Å². The summed E-state index contributed by atoms with van der Waals surface area (Å²) in [5.41, 5.74) is 1.28. The van der Waals surface area contributed by atoms with E-state index in [1.807, 2.05) is 30.3 Å². The van der Waals surface area contributed by atoms with Crippen molar-refractivity contribution >= 4 is 17.3 Å². The van der Waals surface area contributed by atoms with Gasteiger partial charge in [0.05, 0.1) is 12.8 Å². The number of aromatic nitrogens is 1. The normalized spacial score (nSPS) is 12.1. The average Bonchev–Trinajstić information content (AvgIpc) is 2.87. The van der Waals surface area contributed by atoms with E-state index in [-0.39, 0.29) is 0 Å². The van der Waals surface area contributed by atoms with Gasteiger partial charge in [0, 0.05) is 10.9 Å². The molecule has 0 fully saturated rings. The Labute approximate surface area is 103 Å². The van der Waals surface area contributed by atoms with Crippen LogP contribution in [0.3, 0.4) is 0 Å². The standard InChI is InChI=1S/C12H11NO3S/c1-16-12(15)10(14)9-7-17-11(13-9)8-5-3-2-4-6-8/h2-7,10,14H,1H3. The molecule has 0 spiro atoms. The van der Waals surface area contributed by atoms with Gasteiger partial charge in [0.15, 0.2) is 6.10 Å². The Balaban J connectivity index is 2.25. The third-order valence-corrected chi connectivity index (χ3v) is 3.16. The summed E-state index contributed by atoms with van der Waals surface area (Å²) in [6.45, 7) is 0. The van der Waals surface area contributed by atoms with E-state index in [1.54, 1.807) is 5.38 Å². The van der Waals surface area contributed by atoms with Crippen molar-refractivity contribution in [2.75, 3.05) is 7.11 Å². The Morgan fingerprint density at radius 2 is 2.12 bits per heavy atom. The van der Waals surface area contributed by atoms with Crippen LogP contribution in [0.2, 0.25) is 0 Å². The van der Waals surface area contributed by atoms with Gasteiger partial charge in [0.1, 0.15) is 5.01 Å². The number of aliphatic hydroxyl groups is 1. The summed E-state index contributed by atoms with van der Waals surface area (Å²) in [6, 6.07) is 9.59. The molecule has 1 unspecified atom stereocenters. The second-order valence-corrected chi connectivity index (χ2v) is 4.23. The first-order valence-corrected chi connectivity index (χ1v) is 5.87. The Morgan fingerprint density at radius 3 is 2.76 bits per heavy atom. The fraction of sp³-hybridized carbons (Fsp3) is 0.167. The zero-order valence-electron chi connectivity index (χ0n) is 9.16. The molecule has 0 saturated heterocycles. The van der Waals surface area contributed by atoms with E-state index in [2.05, 4.69) is 9.72 Å². The molecule has 0 saturated carbocycles. The maximum absolute atomic E-state index is 11.2. The maximum Gasteiger partial charge on any atom is 0.341 e. The van der Waals surface area contributed by atoms with E-state index in [0.717, 1.165) is 10.6 Å². The first kappa shape index (κ1) is 11.8. The zero-order chi connectivity index (χ0) is 12.3. The molecule has 0 amide bonds. The fourth-order valence-electron chi connectivity index (χ4n) is 1.36. The van der Waals surface area contributed by atoms with E-state index in [4.69, 9.17) is 0 Å². The number of nitrogens with zero attached hydrogens (tertiary/aromatic N) is 1. The molecule has 17 heavy (non-hydrogen) atoms. The molecule has 2 rings (SSSR count). The topological polar surface area (TPSA) is 59.4 Å². The zero-order valence-corrected chi connectivity index (χ0v) is 9.98. The number of methoxy groups -OCH3 is 1. The number of carbonyl (C=O) groups is 1. The van der Waals surface area contributed by atoms with Crippen molar-refractivity contribution in [3.8, 4) is 10.6 Å². The molecule has 4 nitrogen and oxygen atoms in total. The van der Waals surface area contributed by atoms with Crippen LogP contribution in [0.15, 0.2) is 35.7 Å². The van der Waals surface area contributed by atoms with Gasteiger partial charge in [-0.25, -0.2) is 9.78 Å². The Bertz CT molecular complexity index is 509. The fourth-order valence-corrected chi connectivity index (χ4v) is 2.20. The molecule has 0 radical (unpaired) electrons. The second kappa shape index (κ2) is 5.07. The maximum atomic E-state index is 11.2. The number of thiazole rings is 1. The molecule has 0 aliphatic carbocycles. The Hall–Kier alpha value is -1.72. The molecule has 88 valence electrons. The van der Waals surface area contributed by atoms with Crippen LogP contribution in [0.25, 0.3) is 10.6 Å². The van der Waals surface area contributed by atoms with Crippen molar-refractivity contribution in [2.24, 2.45) is 0 Å². The second-order valence-electron chi connectivity index (χ2n) is 3.37.